The van der Waals surface area contributed by atoms with Crippen LogP contribution in [-0.2, 0) is 17.9 Å². The number of nitrogens with one attached hydrogen (secondary N) is 1. The second-order valence-electron chi connectivity index (χ2n) is 5.22. The Morgan fingerprint density at radius 2 is 2.15 bits per heavy atom. The van der Waals surface area contributed by atoms with Gasteiger partial charge in [-0.1, -0.05) is 11.6 Å². The fourth-order valence-corrected chi connectivity index (χ4v) is 2.43. The highest BCUT2D eigenvalue weighted by Gasteiger charge is 2.09. The zero-order valence-electron chi connectivity index (χ0n) is 11.9. The third-order valence-corrected chi connectivity index (χ3v) is 3.52. The molecule has 2 heterocycles. The van der Waals surface area contributed by atoms with Gasteiger partial charge in [-0.05, 0) is 38.9 Å². The number of rotatable bonds is 7. The zero-order valence-corrected chi connectivity index (χ0v) is 11.9. The van der Waals surface area contributed by atoms with Gasteiger partial charge in [0.05, 0.1) is 11.9 Å². The van der Waals surface area contributed by atoms with Crippen molar-refractivity contribution in [1.29, 1.82) is 0 Å². The molecule has 2 rings (SSSR count). The fraction of sp³-hybridized carbons (Fsp3) is 0.769. The lowest BCUT2D eigenvalue weighted by Gasteiger charge is -2.26. The molecule has 1 amide bonds. The minimum atomic E-state index is -0.0304. The summed E-state index contributed by atoms with van der Waals surface area (Å²) in [4.78, 5) is 14.2. The average Bonchev–Trinajstić information content (AvgIpc) is 2.92. The molecule has 0 aliphatic carbocycles. The predicted octanol–water partition coefficient (Wildman–Crippen LogP) is -0.271. The Morgan fingerprint density at radius 3 is 2.85 bits per heavy atom. The number of nitrogens with zero attached hydrogens (tertiary/aromatic N) is 4. The number of piperidine rings is 1. The Kier molecular flexibility index (Phi) is 5.94. The van der Waals surface area contributed by atoms with E-state index in [0.29, 0.717) is 18.8 Å². The molecular weight excluding hydrogens is 256 g/mol. The number of carbonyl (C=O) groups excluding carboxylic acids is 1. The number of carbonyl (C=O) groups is 1. The first-order chi connectivity index (χ1) is 9.78. The fourth-order valence-electron chi connectivity index (χ4n) is 2.43. The lowest BCUT2D eigenvalue weighted by atomic mass is 10.1. The summed E-state index contributed by atoms with van der Waals surface area (Å²) in [6, 6.07) is 0. The molecule has 0 atom stereocenters. The van der Waals surface area contributed by atoms with Crippen molar-refractivity contribution in [2.45, 2.75) is 38.8 Å². The van der Waals surface area contributed by atoms with Crippen molar-refractivity contribution < 1.29 is 4.79 Å². The first-order valence-electron chi connectivity index (χ1n) is 7.36. The van der Waals surface area contributed by atoms with E-state index in [9.17, 15) is 4.79 Å². The molecule has 0 unspecified atom stereocenters. The summed E-state index contributed by atoms with van der Waals surface area (Å²) in [6.45, 7) is 4.74. The molecule has 7 nitrogen and oxygen atoms in total. The molecule has 0 radical (unpaired) electrons. The van der Waals surface area contributed by atoms with Crippen molar-refractivity contribution in [3.8, 4) is 0 Å². The van der Waals surface area contributed by atoms with E-state index in [2.05, 4.69) is 20.5 Å². The first-order valence-corrected chi connectivity index (χ1v) is 7.36. The largest absolute Gasteiger partial charge is 0.354 e. The van der Waals surface area contributed by atoms with Crippen LogP contribution in [0.5, 0.6) is 0 Å². The van der Waals surface area contributed by atoms with Gasteiger partial charge in [-0.2, -0.15) is 0 Å². The smallest absolute Gasteiger partial charge is 0.241 e. The van der Waals surface area contributed by atoms with E-state index in [1.165, 1.54) is 37.0 Å². The van der Waals surface area contributed by atoms with Gasteiger partial charge in [0.2, 0.25) is 5.91 Å². The van der Waals surface area contributed by atoms with Crippen LogP contribution in [0.1, 0.15) is 31.4 Å². The number of hydrogen-bond donors (Lipinski definition) is 2. The summed E-state index contributed by atoms with van der Waals surface area (Å²) in [6.07, 6.45) is 6.67. The van der Waals surface area contributed by atoms with Gasteiger partial charge in [-0.3, -0.25) is 4.79 Å². The van der Waals surface area contributed by atoms with Crippen molar-refractivity contribution in [3.05, 3.63) is 11.9 Å². The van der Waals surface area contributed by atoms with Gasteiger partial charge in [0.25, 0.3) is 0 Å². The molecule has 20 heavy (non-hydrogen) atoms. The van der Waals surface area contributed by atoms with Gasteiger partial charge < -0.3 is 16.0 Å². The molecule has 0 saturated carbocycles. The second-order valence-corrected chi connectivity index (χ2v) is 5.22. The van der Waals surface area contributed by atoms with Crippen LogP contribution < -0.4 is 11.1 Å². The predicted molar refractivity (Wildman–Crippen MR) is 75.8 cm³/mol. The van der Waals surface area contributed by atoms with Crippen molar-refractivity contribution in [3.63, 3.8) is 0 Å². The van der Waals surface area contributed by atoms with Crippen molar-refractivity contribution in [2.75, 3.05) is 26.2 Å². The molecule has 1 aliphatic heterocycles. The van der Waals surface area contributed by atoms with E-state index in [0.717, 1.165) is 13.0 Å². The Morgan fingerprint density at radius 1 is 1.35 bits per heavy atom. The lowest BCUT2D eigenvalue weighted by Crippen LogP contribution is -2.34. The topological polar surface area (TPSA) is 89.1 Å². The number of likely N-dealkylation sites (tertiary alicyclic amines) is 1. The van der Waals surface area contributed by atoms with Gasteiger partial charge in [0.15, 0.2) is 0 Å². The van der Waals surface area contributed by atoms with E-state index in [-0.39, 0.29) is 12.5 Å². The number of amides is 1. The van der Waals surface area contributed by atoms with E-state index in [4.69, 9.17) is 5.73 Å². The molecule has 1 aromatic heterocycles. The molecule has 1 aromatic rings. The van der Waals surface area contributed by atoms with Crippen LogP contribution in [0.2, 0.25) is 0 Å². The number of aromatic nitrogens is 3. The number of nitrogens with two attached hydrogens (primary N) is 1. The van der Waals surface area contributed by atoms with Gasteiger partial charge in [0, 0.05) is 13.1 Å². The maximum absolute atomic E-state index is 11.7. The van der Waals surface area contributed by atoms with Crippen LogP contribution in [0.3, 0.4) is 0 Å². The Bertz CT molecular complexity index is 413. The average molecular weight is 280 g/mol. The molecular formula is C13H24N6O. The van der Waals surface area contributed by atoms with Crippen molar-refractivity contribution >= 4 is 5.91 Å². The minimum Gasteiger partial charge on any atom is -0.354 e. The number of hydrogen-bond acceptors (Lipinski definition) is 5. The first kappa shape index (κ1) is 14.9. The Hall–Kier alpha value is -1.47. The molecule has 3 N–H and O–H groups in total. The van der Waals surface area contributed by atoms with E-state index in [1.54, 1.807) is 6.20 Å². The zero-order chi connectivity index (χ0) is 14.2. The maximum atomic E-state index is 11.7. The highest BCUT2D eigenvalue weighted by Crippen LogP contribution is 2.08. The molecule has 1 saturated heterocycles. The van der Waals surface area contributed by atoms with Gasteiger partial charge in [-0.25, -0.2) is 4.68 Å². The monoisotopic (exact) mass is 280 g/mol. The Labute approximate surface area is 119 Å². The van der Waals surface area contributed by atoms with Gasteiger partial charge in [0.1, 0.15) is 6.54 Å². The SMILES string of the molecule is NCc1cn(CC(=O)NCCCN2CCCCC2)nn1. The molecule has 0 bridgehead atoms. The summed E-state index contributed by atoms with van der Waals surface area (Å²) in [5.74, 6) is -0.0304. The Balaban J connectivity index is 1.57. The van der Waals surface area contributed by atoms with Crippen molar-refractivity contribution in [1.82, 2.24) is 25.2 Å². The summed E-state index contributed by atoms with van der Waals surface area (Å²) < 4.78 is 1.52. The molecule has 0 aromatic carbocycles. The van der Waals surface area contributed by atoms with Crippen LogP contribution in [0.25, 0.3) is 0 Å². The minimum absolute atomic E-state index is 0.0304. The summed E-state index contributed by atoms with van der Waals surface area (Å²) in [5, 5.41) is 10.6. The van der Waals surface area contributed by atoms with Crippen molar-refractivity contribution in [2.24, 2.45) is 5.73 Å². The summed E-state index contributed by atoms with van der Waals surface area (Å²) >= 11 is 0. The molecule has 112 valence electrons. The molecule has 7 heteroatoms. The van der Waals surface area contributed by atoms with Gasteiger partial charge in [-0.15, -0.1) is 5.10 Å². The van der Waals surface area contributed by atoms with Crippen LogP contribution in [0.4, 0.5) is 0 Å². The molecule has 1 fully saturated rings. The summed E-state index contributed by atoms with van der Waals surface area (Å²) in [7, 11) is 0. The highest BCUT2D eigenvalue weighted by molar-refractivity contribution is 5.75. The quantitative estimate of drug-likeness (QED) is 0.671. The van der Waals surface area contributed by atoms with E-state index >= 15 is 0 Å². The normalized spacial score (nSPS) is 16.2. The van der Waals surface area contributed by atoms with E-state index in [1.807, 2.05) is 0 Å². The maximum Gasteiger partial charge on any atom is 0.241 e. The molecule has 1 aliphatic rings. The molecule has 0 spiro atoms. The standard InChI is InChI=1S/C13H24N6O/c14-9-12-10-19(17-16-12)11-13(20)15-5-4-8-18-6-2-1-3-7-18/h10H,1-9,11,14H2,(H,15,20). The highest BCUT2D eigenvalue weighted by atomic mass is 16.2. The van der Waals surface area contributed by atoms with Crippen LogP contribution in [0.15, 0.2) is 6.20 Å². The third-order valence-electron chi connectivity index (χ3n) is 3.52. The van der Waals surface area contributed by atoms with Crippen LogP contribution in [0, 0.1) is 0 Å². The summed E-state index contributed by atoms with van der Waals surface area (Å²) in [5.41, 5.74) is 6.14. The third kappa shape index (κ3) is 4.90. The second kappa shape index (κ2) is 7.96. The lowest BCUT2D eigenvalue weighted by molar-refractivity contribution is -0.121. The van der Waals surface area contributed by atoms with Crippen LogP contribution >= 0.6 is 0 Å². The van der Waals surface area contributed by atoms with E-state index < -0.39 is 0 Å². The van der Waals surface area contributed by atoms with Gasteiger partial charge >= 0.3 is 0 Å². The van der Waals surface area contributed by atoms with Crippen LogP contribution in [-0.4, -0.2) is 52.0 Å².